The van der Waals surface area contributed by atoms with Crippen LogP contribution in [0.15, 0.2) is 0 Å². The monoisotopic (exact) mass is 360 g/mol. The topological polar surface area (TPSA) is 0 Å². The molecule has 17 fully saturated rings. The Bertz CT molecular complexity index is 1230. The Kier molecular flexibility index (Phi) is 0.701. The van der Waals surface area contributed by atoms with Gasteiger partial charge in [-0.2, -0.15) is 0 Å². The lowest BCUT2D eigenvalue weighted by molar-refractivity contribution is -0.888. The highest BCUT2D eigenvalue weighted by Crippen LogP contribution is 3.35. The van der Waals surface area contributed by atoms with Crippen LogP contribution in [0.4, 0.5) is 0 Å². The fourth-order valence-electron chi connectivity index (χ4n) is 24.4. The lowest BCUT2D eigenvalue weighted by atomic mass is 8.69. The van der Waals surface area contributed by atoms with Crippen LogP contribution < -0.4 is 0 Å². The molecule has 0 nitrogen and oxygen atoms in total. The molecule has 17 rings (SSSR count). The van der Waals surface area contributed by atoms with E-state index in [1.54, 1.807) is 19.3 Å². The Labute approximate surface area is 163 Å². The van der Waals surface area contributed by atoms with Gasteiger partial charge in [-0.1, -0.05) is 0 Å². The van der Waals surface area contributed by atoms with Crippen LogP contribution >= 0.6 is 0 Å². The van der Waals surface area contributed by atoms with Gasteiger partial charge in [0, 0.05) is 0 Å². The van der Waals surface area contributed by atoms with Gasteiger partial charge in [0.15, 0.2) is 0 Å². The summed E-state index contributed by atoms with van der Waals surface area (Å²) in [6, 6.07) is 0. The van der Waals surface area contributed by atoms with Crippen molar-refractivity contribution in [2.75, 3.05) is 0 Å². The number of rotatable bonds is 0. The molecule has 7 spiro atoms. The quantitative estimate of drug-likeness (QED) is 0.621. The molecular formula is C28H24. The van der Waals surface area contributed by atoms with Crippen LogP contribution in [-0.2, 0) is 0 Å². The Hall–Kier alpha value is 0. The van der Waals surface area contributed by atoms with Gasteiger partial charge in [-0.3, -0.25) is 0 Å². The van der Waals surface area contributed by atoms with Crippen molar-refractivity contribution in [2.45, 2.75) is 19.3 Å². The second kappa shape index (κ2) is 1.86. The molecule has 0 heteroatoms. The molecule has 0 aliphatic heterocycles. The van der Waals surface area contributed by atoms with Crippen LogP contribution in [-0.4, -0.2) is 0 Å². The maximum Gasteiger partial charge on any atom is -0.00932 e. The van der Waals surface area contributed by atoms with E-state index in [2.05, 4.69) is 0 Å². The highest BCUT2D eigenvalue weighted by atomic mass is 15.4. The van der Waals surface area contributed by atoms with E-state index in [0.717, 1.165) is 37.9 Å². The van der Waals surface area contributed by atoms with Crippen molar-refractivity contribution in [2.24, 2.45) is 144 Å². The largest absolute Gasteiger partial charge is 0.0464 e. The molecule has 28 heavy (non-hydrogen) atoms. The van der Waals surface area contributed by atoms with Crippen molar-refractivity contribution in [1.82, 2.24) is 0 Å². The van der Waals surface area contributed by atoms with E-state index >= 15 is 0 Å². The van der Waals surface area contributed by atoms with Crippen LogP contribution in [0.25, 0.3) is 0 Å². The van der Waals surface area contributed by atoms with Gasteiger partial charge in [0.2, 0.25) is 0 Å². The molecule has 0 heterocycles. The third-order valence-corrected chi connectivity index (χ3v) is 21.2. The van der Waals surface area contributed by atoms with Crippen LogP contribution in [0.3, 0.4) is 0 Å². The highest BCUT2D eigenvalue weighted by molar-refractivity contribution is 5.78. The summed E-state index contributed by atoms with van der Waals surface area (Å²) in [5, 5.41) is 0. The normalized spacial score (nSPS) is 120. The van der Waals surface area contributed by atoms with Crippen molar-refractivity contribution < 1.29 is 0 Å². The summed E-state index contributed by atoms with van der Waals surface area (Å²) in [5.41, 5.74) is 7.70. The summed E-state index contributed by atoms with van der Waals surface area (Å²) in [6.07, 6.45) is 5.22. The van der Waals surface area contributed by atoms with Crippen LogP contribution in [0.1, 0.15) is 19.3 Å². The molecule has 0 amide bonds. The minimum absolute atomic E-state index is 1.08. The van der Waals surface area contributed by atoms with Gasteiger partial charge in [-0.25, -0.2) is 0 Å². The van der Waals surface area contributed by atoms with Gasteiger partial charge >= 0.3 is 0 Å². The molecule has 0 bridgehead atoms. The number of hydrogen-bond acceptors (Lipinski definition) is 0. The maximum atomic E-state index is 1.75. The summed E-state index contributed by atoms with van der Waals surface area (Å²) < 4.78 is 0. The average Bonchev–Trinajstić information content (AvgIpc) is 2.56. The average molecular weight is 361 g/mol. The smallest absolute Gasteiger partial charge is 0.00932 e. The Morgan fingerprint density at radius 3 is 1.39 bits per heavy atom. The minimum atomic E-state index is 1.08. The lowest BCUT2D eigenvalue weighted by Gasteiger charge is -3.34. The first-order chi connectivity index (χ1) is 13.9. The van der Waals surface area contributed by atoms with Crippen molar-refractivity contribution >= 4 is 0 Å². The first-order valence-electron chi connectivity index (χ1n) is 13.9. The van der Waals surface area contributed by atoms with Gasteiger partial charge < -0.3 is 0 Å². The fraction of sp³-hybridized carbons (Fsp3) is 1.00. The van der Waals surface area contributed by atoms with E-state index in [0.29, 0.717) is 0 Å². The number of fused-ring (bicyclic) bond motifs is 14. The molecule has 17 saturated carbocycles. The van der Waals surface area contributed by atoms with E-state index in [1.807, 2.05) is 0 Å². The Morgan fingerprint density at radius 1 is 0.357 bits per heavy atom. The van der Waals surface area contributed by atoms with Crippen LogP contribution in [0.5, 0.6) is 0 Å². The van der Waals surface area contributed by atoms with Crippen molar-refractivity contribution in [3.63, 3.8) is 0 Å². The van der Waals surface area contributed by atoms with E-state index in [-0.39, 0.29) is 0 Å². The second-order valence-electron chi connectivity index (χ2n) is 17.0. The van der Waals surface area contributed by atoms with Gasteiger partial charge in [0.25, 0.3) is 0 Å². The molecule has 16 atom stereocenters. The first kappa shape index (κ1) is 10.5. The zero-order chi connectivity index (χ0) is 16.0. The first-order valence-corrected chi connectivity index (χ1v) is 13.9. The number of hydrogen-bond donors (Lipinski definition) is 0. The Morgan fingerprint density at radius 2 is 0.821 bits per heavy atom. The minimum Gasteiger partial charge on any atom is -0.0464 e. The summed E-state index contributed by atoms with van der Waals surface area (Å²) in [7, 11) is 0. The summed E-state index contributed by atoms with van der Waals surface area (Å²) >= 11 is 0. The summed E-state index contributed by atoms with van der Waals surface area (Å²) in [4.78, 5) is 0. The van der Waals surface area contributed by atoms with Crippen LogP contribution in [0.2, 0.25) is 0 Å². The van der Waals surface area contributed by atoms with Gasteiger partial charge in [-0.15, -0.1) is 0 Å². The molecule has 16 unspecified atom stereocenters. The molecule has 17 aliphatic rings. The van der Waals surface area contributed by atoms with E-state index in [4.69, 9.17) is 0 Å². The predicted molar refractivity (Wildman–Crippen MR) is 93.7 cm³/mol. The van der Waals surface area contributed by atoms with E-state index in [9.17, 15) is 0 Å². The fourth-order valence-corrected chi connectivity index (χ4v) is 24.4. The molecule has 0 radical (unpaired) electrons. The standard InChI is InChI=1S/C28H24/c1-4-2-8-13-17-21-19-15-11-6-3-5-9(6)23(11)10(5)14-18-20-16-12-7(1)22(4,8)24(12,13)26(16,17)28(20,21)27(18,19)25(14,15)23/h4-21H,1-3H2. The van der Waals surface area contributed by atoms with Gasteiger partial charge in [-0.05, 0) is 164 Å². The van der Waals surface area contributed by atoms with Gasteiger partial charge in [0.1, 0.15) is 0 Å². The van der Waals surface area contributed by atoms with Crippen molar-refractivity contribution in [3.05, 3.63) is 0 Å². The SMILES string of the molecule is C1C2C3C1C1C4C5C6C7C8C9CC%10CC%11C%12C%13C%14C%15C%16C2C31C%164C%155C%146C%137C%128C%10%119. The third kappa shape index (κ3) is 0.318. The third-order valence-electron chi connectivity index (χ3n) is 21.2. The second-order valence-corrected chi connectivity index (χ2v) is 17.0. The molecule has 0 aromatic heterocycles. The molecule has 17 aliphatic carbocycles. The molecule has 0 aromatic rings. The summed E-state index contributed by atoms with van der Waals surface area (Å²) in [6.45, 7) is 0. The summed E-state index contributed by atoms with van der Waals surface area (Å²) in [5.74, 6) is 24.3. The van der Waals surface area contributed by atoms with Crippen molar-refractivity contribution in [3.8, 4) is 0 Å². The molecule has 0 N–H and O–H groups in total. The predicted octanol–water partition coefficient (Wildman–Crippen LogP) is 3.38. The zero-order valence-electron chi connectivity index (χ0n) is 16.0. The molecule has 0 aromatic carbocycles. The zero-order valence-corrected chi connectivity index (χ0v) is 16.0. The molecule has 136 valence electrons. The molecular weight excluding hydrogens is 336 g/mol. The van der Waals surface area contributed by atoms with Crippen LogP contribution in [0, 0.1) is 144 Å². The Balaban J connectivity index is 1.02. The van der Waals surface area contributed by atoms with E-state index < -0.39 is 0 Å². The van der Waals surface area contributed by atoms with Gasteiger partial charge in [0.05, 0.1) is 0 Å². The molecule has 0 saturated heterocycles. The lowest BCUT2D eigenvalue weighted by Crippen LogP contribution is -3.32. The highest BCUT2D eigenvalue weighted by Gasteiger charge is 3.33. The maximum absolute atomic E-state index is 1.75. The van der Waals surface area contributed by atoms with Crippen molar-refractivity contribution in [1.29, 1.82) is 0 Å². The van der Waals surface area contributed by atoms with E-state index in [1.165, 1.54) is 107 Å².